The van der Waals surface area contributed by atoms with Gasteiger partial charge in [0.05, 0.1) is 6.61 Å². The molecule has 0 heterocycles. The van der Waals surface area contributed by atoms with Gasteiger partial charge in [-0.15, -0.1) is 0 Å². The quantitative estimate of drug-likeness (QED) is 0.331. The number of carbonyl (C=O) groups excluding carboxylic acids is 2. The number of ether oxygens (including phenoxy) is 1. The molecule has 6 heteroatoms. The third kappa shape index (κ3) is 5.60. The van der Waals surface area contributed by atoms with Crippen molar-refractivity contribution >= 4 is 11.9 Å². The second kappa shape index (κ2) is 7.62. The Labute approximate surface area is 106 Å². The van der Waals surface area contributed by atoms with E-state index in [9.17, 15) is 14.7 Å². The van der Waals surface area contributed by atoms with E-state index < -0.39 is 23.4 Å². The van der Waals surface area contributed by atoms with Gasteiger partial charge in [-0.25, -0.2) is 4.79 Å². The molecule has 6 nitrogen and oxygen atoms in total. The summed E-state index contributed by atoms with van der Waals surface area (Å²) in [5, 5.41) is 20.8. The van der Waals surface area contributed by atoms with E-state index in [4.69, 9.17) is 5.11 Å². The maximum Gasteiger partial charge on any atom is 0.332 e. The molecule has 0 aromatic carbocycles. The average molecular weight is 257 g/mol. The molecule has 0 fully saturated rings. The van der Waals surface area contributed by atoms with Crippen LogP contribution in [0.1, 0.15) is 13.8 Å². The normalized spacial score (nSPS) is 13.1. The lowest BCUT2D eigenvalue weighted by Gasteiger charge is -2.26. The maximum atomic E-state index is 11.5. The van der Waals surface area contributed by atoms with Gasteiger partial charge in [0.25, 0.3) is 5.91 Å². The molecule has 0 saturated carbocycles. The summed E-state index contributed by atoms with van der Waals surface area (Å²) >= 11 is 0. The van der Waals surface area contributed by atoms with Crippen molar-refractivity contribution in [1.29, 1.82) is 0 Å². The Morgan fingerprint density at radius 1 is 1.50 bits per heavy atom. The Morgan fingerprint density at radius 3 is 2.61 bits per heavy atom. The van der Waals surface area contributed by atoms with Gasteiger partial charge in [-0.3, -0.25) is 4.79 Å². The van der Waals surface area contributed by atoms with Gasteiger partial charge in [0, 0.05) is 17.7 Å². The van der Waals surface area contributed by atoms with Crippen molar-refractivity contribution in [3.05, 3.63) is 24.9 Å². The highest BCUT2D eigenvalue weighted by Crippen LogP contribution is 2.19. The van der Waals surface area contributed by atoms with Crippen LogP contribution in [0.25, 0.3) is 0 Å². The molecule has 0 bridgehead atoms. The predicted octanol–water partition coefficient (Wildman–Crippen LogP) is -0.275. The van der Waals surface area contributed by atoms with E-state index in [1.54, 1.807) is 13.8 Å². The first-order valence-corrected chi connectivity index (χ1v) is 5.38. The van der Waals surface area contributed by atoms with Gasteiger partial charge in [-0.1, -0.05) is 26.5 Å². The van der Waals surface area contributed by atoms with Gasteiger partial charge in [0.15, 0.2) is 0 Å². The largest absolute Gasteiger partial charge is 0.458 e. The van der Waals surface area contributed by atoms with Crippen molar-refractivity contribution < 1.29 is 24.5 Å². The lowest BCUT2D eigenvalue weighted by atomic mass is 9.87. The zero-order chi connectivity index (χ0) is 14.2. The fraction of sp³-hybridized carbons (Fsp3) is 0.500. The van der Waals surface area contributed by atoms with Crippen molar-refractivity contribution in [3.8, 4) is 0 Å². The average Bonchev–Trinajstić information content (AvgIpc) is 2.35. The number of aliphatic hydroxyl groups excluding tert-OH is 2. The molecule has 1 atom stereocenters. The van der Waals surface area contributed by atoms with E-state index in [2.05, 4.69) is 16.6 Å². The zero-order valence-electron chi connectivity index (χ0n) is 10.5. The molecule has 0 aliphatic rings. The van der Waals surface area contributed by atoms with Crippen molar-refractivity contribution in [3.63, 3.8) is 0 Å². The molecule has 0 aromatic rings. The van der Waals surface area contributed by atoms with Crippen molar-refractivity contribution in [1.82, 2.24) is 5.32 Å². The topological polar surface area (TPSA) is 95.9 Å². The molecule has 0 radical (unpaired) electrons. The van der Waals surface area contributed by atoms with E-state index in [1.165, 1.54) is 6.08 Å². The predicted molar refractivity (Wildman–Crippen MR) is 65.3 cm³/mol. The van der Waals surface area contributed by atoms with Crippen LogP contribution in [-0.2, 0) is 14.3 Å². The van der Waals surface area contributed by atoms with Crippen LogP contribution >= 0.6 is 0 Å². The van der Waals surface area contributed by atoms with E-state index >= 15 is 0 Å². The number of rotatable bonds is 7. The Hall–Kier alpha value is -1.66. The molecule has 0 rings (SSSR count). The number of hydrogen-bond donors (Lipinski definition) is 3. The van der Waals surface area contributed by atoms with Crippen LogP contribution in [0.15, 0.2) is 24.9 Å². The summed E-state index contributed by atoms with van der Waals surface area (Å²) in [4.78, 5) is 22.4. The molecule has 0 aliphatic carbocycles. The second-order valence-corrected chi connectivity index (χ2v) is 4.31. The minimum Gasteiger partial charge on any atom is -0.458 e. The van der Waals surface area contributed by atoms with Gasteiger partial charge in [-0.2, -0.15) is 0 Å². The SMILES string of the molecule is C=CCOC(=O)/C=C/NC(=O)[C@H](O)C(C)(C)CO. The fourth-order valence-electron chi connectivity index (χ4n) is 0.901. The van der Waals surface area contributed by atoms with Crippen LogP contribution in [0, 0.1) is 5.41 Å². The van der Waals surface area contributed by atoms with Gasteiger partial charge in [-0.05, 0) is 0 Å². The number of aliphatic hydroxyl groups is 2. The number of esters is 1. The minimum absolute atomic E-state index is 0.0806. The monoisotopic (exact) mass is 257 g/mol. The summed E-state index contributed by atoms with van der Waals surface area (Å²) in [6.07, 6.45) is 2.12. The first-order valence-electron chi connectivity index (χ1n) is 5.38. The number of carbonyl (C=O) groups is 2. The Kier molecular flexibility index (Phi) is 6.92. The lowest BCUT2D eigenvalue weighted by molar-refractivity contribution is -0.136. The summed E-state index contributed by atoms with van der Waals surface area (Å²) in [6.45, 7) is 6.19. The third-order valence-corrected chi connectivity index (χ3v) is 2.18. The number of nitrogens with one attached hydrogen (secondary N) is 1. The summed E-state index contributed by atoms with van der Waals surface area (Å²) in [6, 6.07) is 0. The molecule has 0 aromatic heterocycles. The number of amides is 1. The standard InChI is InChI=1S/C12H19NO5/c1-4-7-18-9(15)5-6-13-11(17)10(16)12(2,3)8-14/h4-6,10,14,16H,1,7-8H2,2-3H3,(H,13,17)/b6-5+/t10-/m0/s1. The first kappa shape index (κ1) is 16.3. The first-order chi connectivity index (χ1) is 8.35. The highest BCUT2D eigenvalue weighted by Gasteiger charge is 2.32. The lowest BCUT2D eigenvalue weighted by Crippen LogP contribution is -2.44. The molecule has 3 N–H and O–H groups in total. The third-order valence-electron chi connectivity index (χ3n) is 2.18. The molecular weight excluding hydrogens is 238 g/mol. The Morgan fingerprint density at radius 2 is 2.11 bits per heavy atom. The van der Waals surface area contributed by atoms with Gasteiger partial charge in [0.1, 0.15) is 12.7 Å². The number of hydrogen-bond acceptors (Lipinski definition) is 5. The Balaban J connectivity index is 4.22. The van der Waals surface area contributed by atoms with Crippen LogP contribution in [0.4, 0.5) is 0 Å². The van der Waals surface area contributed by atoms with Crippen molar-refractivity contribution in [2.45, 2.75) is 20.0 Å². The van der Waals surface area contributed by atoms with Gasteiger partial charge in [0.2, 0.25) is 0 Å². The smallest absolute Gasteiger partial charge is 0.332 e. The van der Waals surface area contributed by atoms with Gasteiger partial charge < -0.3 is 20.3 Å². The molecule has 18 heavy (non-hydrogen) atoms. The molecule has 0 aliphatic heterocycles. The maximum absolute atomic E-state index is 11.5. The minimum atomic E-state index is -1.38. The molecular formula is C12H19NO5. The van der Waals surface area contributed by atoms with Crippen molar-refractivity contribution in [2.24, 2.45) is 5.41 Å². The Bertz CT molecular complexity index is 335. The molecule has 102 valence electrons. The van der Waals surface area contributed by atoms with Crippen LogP contribution in [0.3, 0.4) is 0 Å². The van der Waals surface area contributed by atoms with Crippen molar-refractivity contribution in [2.75, 3.05) is 13.2 Å². The summed E-state index contributed by atoms with van der Waals surface area (Å²) in [5.41, 5.74) is -0.957. The molecule has 1 amide bonds. The zero-order valence-corrected chi connectivity index (χ0v) is 10.5. The van der Waals surface area contributed by atoms with Gasteiger partial charge >= 0.3 is 5.97 Å². The molecule has 0 unspecified atom stereocenters. The van der Waals surface area contributed by atoms with E-state index in [0.717, 1.165) is 12.3 Å². The van der Waals surface area contributed by atoms with E-state index in [-0.39, 0.29) is 13.2 Å². The van der Waals surface area contributed by atoms with Crippen LogP contribution in [0.5, 0.6) is 0 Å². The van der Waals surface area contributed by atoms with Crippen LogP contribution in [-0.4, -0.2) is 41.4 Å². The summed E-state index contributed by atoms with van der Waals surface area (Å²) < 4.78 is 4.62. The molecule has 0 spiro atoms. The highest BCUT2D eigenvalue weighted by atomic mass is 16.5. The second-order valence-electron chi connectivity index (χ2n) is 4.31. The summed E-state index contributed by atoms with van der Waals surface area (Å²) in [5.74, 6) is -1.34. The molecule has 0 saturated heterocycles. The fourth-order valence-corrected chi connectivity index (χ4v) is 0.901. The summed E-state index contributed by atoms with van der Waals surface area (Å²) in [7, 11) is 0. The van der Waals surface area contributed by atoms with Crippen LogP contribution < -0.4 is 5.32 Å². The highest BCUT2D eigenvalue weighted by molar-refractivity contribution is 5.85. The van der Waals surface area contributed by atoms with E-state index in [0.29, 0.717) is 0 Å². The van der Waals surface area contributed by atoms with Crippen LogP contribution in [0.2, 0.25) is 0 Å². The van der Waals surface area contributed by atoms with E-state index in [1.807, 2.05) is 0 Å².